The quantitative estimate of drug-likeness (QED) is 0.483. The predicted molar refractivity (Wildman–Crippen MR) is 45.6 cm³/mol. The van der Waals surface area contributed by atoms with Crippen molar-refractivity contribution in [3.8, 4) is 0 Å². The third-order valence-corrected chi connectivity index (χ3v) is 3.40. The lowest BCUT2D eigenvalue weighted by Crippen LogP contribution is -2.26. The van der Waals surface area contributed by atoms with Gasteiger partial charge in [-0.25, -0.2) is 0 Å². The molecule has 1 aliphatic rings. The van der Waals surface area contributed by atoms with Gasteiger partial charge in [-0.05, 0) is 30.1 Å². The van der Waals surface area contributed by atoms with E-state index in [4.69, 9.17) is 0 Å². The van der Waals surface area contributed by atoms with Crippen LogP contribution in [0.5, 0.6) is 0 Å². The first-order valence-corrected chi connectivity index (χ1v) is 4.46. The maximum absolute atomic E-state index is 2.38. The van der Waals surface area contributed by atoms with Crippen molar-refractivity contribution < 1.29 is 0 Å². The van der Waals surface area contributed by atoms with Crippen molar-refractivity contribution in [1.29, 1.82) is 0 Å². The Morgan fingerprint density at radius 1 is 1.10 bits per heavy atom. The van der Waals surface area contributed by atoms with E-state index < -0.39 is 0 Å². The van der Waals surface area contributed by atoms with Crippen molar-refractivity contribution in [1.82, 2.24) is 0 Å². The molecular weight excluding hydrogens is 120 g/mol. The van der Waals surface area contributed by atoms with Crippen molar-refractivity contribution in [3.05, 3.63) is 5.92 Å². The molecule has 0 aromatic heterocycles. The first kappa shape index (κ1) is 8.10. The van der Waals surface area contributed by atoms with Gasteiger partial charge in [0.2, 0.25) is 0 Å². The molecule has 10 heavy (non-hydrogen) atoms. The second-order valence-electron chi connectivity index (χ2n) is 3.99. The molecule has 0 heterocycles. The molecule has 3 atom stereocenters. The van der Waals surface area contributed by atoms with E-state index in [9.17, 15) is 0 Å². The molecule has 1 radical (unpaired) electrons. The van der Waals surface area contributed by atoms with Crippen LogP contribution in [0, 0.1) is 23.7 Å². The molecule has 0 saturated heterocycles. The zero-order valence-corrected chi connectivity index (χ0v) is 7.65. The molecule has 0 amide bonds. The summed E-state index contributed by atoms with van der Waals surface area (Å²) in [7, 11) is 0. The van der Waals surface area contributed by atoms with Crippen LogP contribution in [0.15, 0.2) is 0 Å². The van der Waals surface area contributed by atoms with Gasteiger partial charge in [-0.1, -0.05) is 34.1 Å². The highest BCUT2D eigenvalue weighted by atomic mass is 14.3. The summed E-state index contributed by atoms with van der Waals surface area (Å²) >= 11 is 0. The van der Waals surface area contributed by atoms with Crippen LogP contribution in [0.1, 0.15) is 40.5 Å². The van der Waals surface area contributed by atoms with Gasteiger partial charge in [0.25, 0.3) is 0 Å². The molecule has 3 unspecified atom stereocenters. The number of hydrogen-bond acceptors (Lipinski definition) is 0. The number of rotatable bonds is 0. The summed E-state index contributed by atoms with van der Waals surface area (Å²) in [4.78, 5) is 0. The van der Waals surface area contributed by atoms with E-state index in [1.165, 1.54) is 12.8 Å². The summed E-state index contributed by atoms with van der Waals surface area (Å²) in [5, 5.41) is 0. The van der Waals surface area contributed by atoms with Crippen LogP contribution < -0.4 is 0 Å². The summed E-state index contributed by atoms with van der Waals surface area (Å²) in [5.74, 6) is 4.39. The van der Waals surface area contributed by atoms with Crippen molar-refractivity contribution in [2.45, 2.75) is 40.5 Å². The molecule has 1 rings (SSSR count). The van der Waals surface area contributed by atoms with Gasteiger partial charge in [-0.3, -0.25) is 0 Å². The third-order valence-electron chi connectivity index (χ3n) is 3.40. The van der Waals surface area contributed by atoms with Gasteiger partial charge in [0.15, 0.2) is 0 Å². The highest BCUT2D eigenvalue weighted by molar-refractivity contribution is 4.99. The first-order chi connectivity index (χ1) is 4.63. The Kier molecular flexibility index (Phi) is 2.38. The van der Waals surface area contributed by atoms with Gasteiger partial charge < -0.3 is 0 Å². The van der Waals surface area contributed by atoms with E-state index in [-0.39, 0.29) is 0 Å². The number of hydrogen-bond donors (Lipinski definition) is 0. The summed E-state index contributed by atoms with van der Waals surface area (Å²) in [6.45, 7) is 9.43. The van der Waals surface area contributed by atoms with Gasteiger partial charge in [-0.2, -0.15) is 0 Å². The normalized spacial score (nSPS) is 43.8. The summed E-state index contributed by atoms with van der Waals surface area (Å²) in [6, 6.07) is 0. The van der Waals surface area contributed by atoms with Crippen molar-refractivity contribution in [2.75, 3.05) is 0 Å². The van der Waals surface area contributed by atoms with Crippen molar-refractivity contribution in [2.24, 2.45) is 17.8 Å². The van der Waals surface area contributed by atoms with E-state index in [1.807, 2.05) is 0 Å². The van der Waals surface area contributed by atoms with E-state index in [0.717, 1.165) is 17.8 Å². The molecule has 59 valence electrons. The predicted octanol–water partition coefficient (Wildman–Crippen LogP) is 3.28. The van der Waals surface area contributed by atoms with Gasteiger partial charge in [0, 0.05) is 0 Å². The Morgan fingerprint density at radius 2 is 1.70 bits per heavy atom. The fourth-order valence-electron chi connectivity index (χ4n) is 1.89. The SMILES string of the molecule is C[C]1C(C)CCC(C)C1C. The minimum Gasteiger partial charge on any atom is -0.0622 e. The molecule has 0 spiro atoms. The highest BCUT2D eigenvalue weighted by Gasteiger charge is 2.28. The zero-order chi connectivity index (χ0) is 7.72. The topological polar surface area (TPSA) is 0 Å². The van der Waals surface area contributed by atoms with Crippen LogP contribution in [0.3, 0.4) is 0 Å². The van der Waals surface area contributed by atoms with Crippen molar-refractivity contribution >= 4 is 0 Å². The average Bonchev–Trinajstić information content (AvgIpc) is 1.93. The lowest BCUT2D eigenvalue weighted by molar-refractivity contribution is 0.256. The molecular formula is C10H19. The third kappa shape index (κ3) is 1.36. The second-order valence-corrected chi connectivity index (χ2v) is 3.99. The fourth-order valence-corrected chi connectivity index (χ4v) is 1.89. The average molecular weight is 139 g/mol. The van der Waals surface area contributed by atoms with E-state index in [2.05, 4.69) is 27.7 Å². The molecule has 0 heteroatoms. The van der Waals surface area contributed by atoms with Crippen LogP contribution in [0.4, 0.5) is 0 Å². The second kappa shape index (κ2) is 2.94. The smallest absolute Gasteiger partial charge is 0.0213 e. The lowest BCUT2D eigenvalue weighted by Gasteiger charge is -2.36. The van der Waals surface area contributed by atoms with Crippen molar-refractivity contribution in [3.63, 3.8) is 0 Å². The Morgan fingerprint density at radius 3 is 2.20 bits per heavy atom. The maximum atomic E-state index is 2.38. The maximum Gasteiger partial charge on any atom is -0.0213 e. The molecule has 0 nitrogen and oxygen atoms in total. The monoisotopic (exact) mass is 139 g/mol. The van der Waals surface area contributed by atoms with E-state index >= 15 is 0 Å². The van der Waals surface area contributed by atoms with Crippen LogP contribution >= 0.6 is 0 Å². The Hall–Kier alpha value is 0. The fraction of sp³-hybridized carbons (Fsp3) is 0.900. The van der Waals surface area contributed by atoms with Crippen LogP contribution in [0.2, 0.25) is 0 Å². The lowest BCUT2D eigenvalue weighted by atomic mass is 9.69. The summed E-state index contributed by atoms with van der Waals surface area (Å²) in [6.07, 6.45) is 2.84. The van der Waals surface area contributed by atoms with Gasteiger partial charge >= 0.3 is 0 Å². The van der Waals surface area contributed by atoms with Crippen LogP contribution in [0.25, 0.3) is 0 Å². The van der Waals surface area contributed by atoms with Crippen LogP contribution in [-0.4, -0.2) is 0 Å². The van der Waals surface area contributed by atoms with Gasteiger partial charge in [0.1, 0.15) is 0 Å². The molecule has 1 fully saturated rings. The minimum absolute atomic E-state index is 0.865. The van der Waals surface area contributed by atoms with E-state index in [1.54, 1.807) is 5.92 Å². The minimum atomic E-state index is 0.865. The molecule has 0 aliphatic heterocycles. The zero-order valence-electron chi connectivity index (χ0n) is 7.65. The largest absolute Gasteiger partial charge is 0.0622 e. The molecule has 1 aliphatic carbocycles. The highest BCUT2D eigenvalue weighted by Crippen LogP contribution is 2.39. The molecule has 0 aromatic carbocycles. The molecule has 0 aromatic rings. The standard InChI is InChI=1S/C10H19/c1-7-5-6-8(2)10(4)9(7)3/h7-9H,5-6H2,1-4H3. The summed E-state index contributed by atoms with van der Waals surface area (Å²) < 4.78 is 0. The Labute approximate surface area is 65.0 Å². The van der Waals surface area contributed by atoms with Gasteiger partial charge in [-0.15, -0.1) is 0 Å². The van der Waals surface area contributed by atoms with Gasteiger partial charge in [0.05, 0.1) is 0 Å². The Balaban J connectivity index is 2.52. The van der Waals surface area contributed by atoms with Crippen LogP contribution in [-0.2, 0) is 0 Å². The van der Waals surface area contributed by atoms with E-state index in [0.29, 0.717) is 0 Å². The molecule has 1 saturated carbocycles. The first-order valence-electron chi connectivity index (χ1n) is 4.46. The molecule has 0 bridgehead atoms. The molecule has 0 N–H and O–H groups in total. The summed E-state index contributed by atoms with van der Waals surface area (Å²) in [5.41, 5.74) is 0. The Bertz CT molecular complexity index is 92.6.